The number of hydrogen-bond donors (Lipinski definition) is 2. The molecule has 0 unspecified atom stereocenters. The predicted molar refractivity (Wildman–Crippen MR) is 128 cm³/mol. The zero-order valence-electron chi connectivity index (χ0n) is 18.5. The van der Waals surface area contributed by atoms with Crippen LogP contribution in [-0.4, -0.2) is 52.8 Å². The minimum Gasteiger partial charge on any atom is -0.370 e. The fourth-order valence-electron chi connectivity index (χ4n) is 3.05. The van der Waals surface area contributed by atoms with Gasteiger partial charge in [-0.1, -0.05) is 13.8 Å². The maximum atomic E-state index is 12.6. The van der Waals surface area contributed by atoms with Crippen LogP contribution in [0, 0.1) is 0 Å². The van der Waals surface area contributed by atoms with Gasteiger partial charge in [-0.3, -0.25) is 9.67 Å². The summed E-state index contributed by atoms with van der Waals surface area (Å²) < 4.78 is 39.5. The highest BCUT2D eigenvalue weighted by atomic mass is 127. The van der Waals surface area contributed by atoms with E-state index in [2.05, 4.69) is 39.6 Å². The van der Waals surface area contributed by atoms with Gasteiger partial charge in [0.2, 0.25) is 0 Å². The first-order valence-electron chi connectivity index (χ1n) is 9.83. The van der Waals surface area contributed by atoms with E-state index < -0.39 is 11.7 Å². The van der Waals surface area contributed by atoms with Crippen molar-refractivity contribution in [1.29, 1.82) is 0 Å². The lowest BCUT2D eigenvalue weighted by atomic mass is 10.1. The standard InChI is InChI=1S/C20H30F3N7.HI/c1-14(2)18-15(13-30(5)28-18)12-29(4)19(24-3)26-10-6-9-25-17-8-7-16(11-27-17)20(21,22)23;/h7-8,11,13-14H,6,9-10,12H2,1-5H3,(H,24,26)(H,25,27);1H. The van der Waals surface area contributed by atoms with Crippen LogP contribution in [0.15, 0.2) is 29.5 Å². The molecule has 0 amide bonds. The molecule has 0 aliphatic heterocycles. The van der Waals surface area contributed by atoms with Gasteiger partial charge in [0, 0.05) is 58.7 Å². The maximum absolute atomic E-state index is 12.6. The average Bonchev–Trinajstić information content (AvgIpc) is 3.04. The highest BCUT2D eigenvalue weighted by Crippen LogP contribution is 2.28. The first kappa shape index (κ1) is 27.0. The second-order valence-electron chi connectivity index (χ2n) is 7.41. The van der Waals surface area contributed by atoms with Crippen molar-refractivity contribution in [3.8, 4) is 0 Å². The van der Waals surface area contributed by atoms with Crippen LogP contribution < -0.4 is 10.6 Å². The number of rotatable bonds is 8. The van der Waals surface area contributed by atoms with Crippen LogP contribution in [0.1, 0.15) is 43.0 Å². The molecule has 2 rings (SSSR count). The van der Waals surface area contributed by atoms with Crippen molar-refractivity contribution in [2.75, 3.05) is 32.5 Å². The van der Waals surface area contributed by atoms with E-state index in [9.17, 15) is 13.2 Å². The van der Waals surface area contributed by atoms with Gasteiger partial charge in [0.05, 0.1) is 11.3 Å². The summed E-state index contributed by atoms with van der Waals surface area (Å²) in [6.45, 7) is 6.17. The Balaban J connectivity index is 0.00000480. The van der Waals surface area contributed by atoms with Crippen molar-refractivity contribution in [1.82, 2.24) is 25.0 Å². The molecule has 0 bridgehead atoms. The van der Waals surface area contributed by atoms with E-state index in [1.54, 1.807) is 7.05 Å². The van der Waals surface area contributed by atoms with Crippen molar-refractivity contribution in [3.63, 3.8) is 0 Å². The van der Waals surface area contributed by atoms with Gasteiger partial charge in [-0.05, 0) is 24.5 Å². The number of nitrogens with zero attached hydrogens (tertiary/aromatic N) is 5. The van der Waals surface area contributed by atoms with E-state index in [4.69, 9.17) is 0 Å². The number of halogens is 4. The Hall–Kier alpha value is -2.05. The quantitative estimate of drug-likeness (QED) is 0.223. The summed E-state index contributed by atoms with van der Waals surface area (Å²) in [5, 5.41) is 10.9. The summed E-state index contributed by atoms with van der Waals surface area (Å²) in [7, 11) is 5.62. The Morgan fingerprint density at radius 2 is 1.97 bits per heavy atom. The van der Waals surface area contributed by atoms with Crippen LogP contribution in [0.5, 0.6) is 0 Å². The number of aliphatic imine (C=N–C) groups is 1. The molecule has 0 fully saturated rings. The van der Waals surface area contributed by atoms with E-state index in [1.165, 1.54) is 6.07 Å². The molecular formula is C20H31F3IN7. The van der Waals surface area contributed by atoms with E-state index in [0.29, 0.717) is 31.4 Å². The fraction of sp³-hybridized carbons (Fsp3) is 0.550. The number of guanidine groups is 1. The average molecular weight is 553 g/mol. The Morgan fingerprint density at radius 1 is 1.26 bits per heavy atom. The molecule has 31 heavy (non-hydrogen) atoms. The molecule has 2 heterocycles. The van der Waals surface area contributed by atoms with Gasteiger partial charge in [0.1, 0.15) is 5.82 Å². The highest BCUT2D eigenvalue weighted by Gasteiger charge is 2.30. The summed E-state index contributed by atoms with van der Waals surface area (Å²) >= 11 is 0. The molecule has 174 valence electrons. The summed E-state index contributed by atoms with van der Waals surface area (Å²) in [6.07, 6.45) is -0.760. The van der Waals surface area contributed by atoms with Crippen LogP contribution >= 0.6 is 24.0 Å². The number of anilines is 1. The molecule has 2 N–H and O–H groups in total. The third-order valence-corrected chi connectivity index (χ3v) is 4.50. The van der Waals surface area contributed by atoms with E-state index in [1.807, 2.05) is 29.9 Å². The highest BCUT2D eigenvalue weighted by molar-refractivity contribution is 14.0. The van der Waals surface area contributed by atoms with Gasteiger partial charge in [-0.15, -0.1) is 24.0 Å². The monoisotopic (exact) mass is 553 g/mol. The number of alkyl halides is 3. The summed E-state index contributed by atoms with van der Waals surface area (Å²) in [6, 6.07) is 2.36. The summed E-state index contributed by atoms with van der Waals surface area (Å²) in [5.41, 5.74) is 1.48. The SMILES string of the molecule is CN=C(NCCCNc1ccc(C(F)(F)F)cn1)N(C)Cc1cn(C)nc1C(C)C.I. The van der Waals surface area contributed by atoms with Crippen LogP contribution in [0.2, 0.25) is 0 Å². The van der Waals surface area contributed by atoms with Crippen LogP contribution in [0.4, 0.5) is 19.0 Å². The zero-order valence-corrected chi connectivity index (χ0v) is 20.8. The minimum atomic E-state index is -4.37. The molecule has 11 heteroatoms. The molecule has 0 aliphatic rings. The lowest BCUT2D eigenvalue weighted by molar-refractivity contribution is -0.137. The van der Waals surface area contributed by atoms with Crippen molar-refractivity contribution in [2.24, 2.45) is 12.0 Å². The minimum absolute atomic E-state index is 0. The molecule has 0 aliphatic carbocycles. The third kappa shape index (κ3) is 8.19. The van der Waals surface area contributed by atoms with Crippen molar-refractivity contribution in [3.05, 3.63) is 41.3 Å². The second-order valence-corrected chi connectivity index (χ2v) is 7.41. The molecule has 0 saturated carbocycles. The normalized spacial score (nSPS) is 12.0. The number of pyridine rings is 1. The van der Waals surface area contributed by atoms with E-state index in [0.717, 1.165) is 35.9 Å². The van der Waals surface area contributed by atoms with Crippen molar-refractivity contribution in [2.45, 2.75) is 38.9 Å². The van der Waals surface area contributed by atoms with E-state index in [-0.39, 0.29) is 24.0 Å². The van der Waals surface area contributed by atoms with Gasteiger partial charge in [0.15, 0.2) is 5.96 Å². The van der Waals surface area contributed by atoms with Crippen molar-refractivity contribution < 1.29 is 13.2 Å². The zero-order chi connectivity index (χ0) is 22.3. The van der Waals surface area contributed by atoms with Gasteiger partial charge >= 0.3 is 6.18 Å². The van der Waals surface area contributed by atoms with Crippen LogP contribution in [-0.2, 0) is 19.8 Å². The number of nitrogens with one attached hydrogen (secondary N) is 2. The summed E-state index contributed by atoms with van der Waals surface area (Å²) in [5.74, 6) is 1.53. The fourth-order valence-corrected chi connectivity index (χ4v) is 3.05. The van der Waals surface area contributed by atoms with Gasteiger partial charge < -0.3 is 15.5 Å². The smallest absolute Gasteiger partial charge is 0.370 e. The molecular weight excluding hydrogens is 522 g/mol. The van der Waals surface area contributed by atoms with E-state index >= 15 is 0 Å². The third-order valence-electron chi connectivity index (χ3n) is 4.50. The van der Waals surface area contributed by atoms with Crippen LogP contribution in [0.25, 0.3) is 0 Å². The molecule has 2 aromatic heterocycles. The number of aryl methyl sites for hydroxylation is 1. The predicted octanol–water partition coefficient (Wildman–Crippen LogP) is 4.08. The largest absolute Gasteiger partial charge is 0.417 e. The molecule has 0 saturated heterocycles. The summed E-state index contributed by atoms with van der Waals surface area (Å²) in [4.78, 5) is 10.2. The molecule has 2 aromatic rings. The molecule has 0 spiro atoms. The van der Waals surface area contributed by atoms with Gasteiger partial charge in [0.25, 0.3) is 0 Å². The van der Waals surface area contributed by atoms with Gasteiger partial charge in [-0.25, -0.2) is 4.98 Å². The Bertz CT molecular complexity index is 832. The van der Waals surface area contributed by atoms with Crippen molar-refractivity contribution >= 4 is 35.8 Å². The first-order valence-corrected chi connectivity index (χ1v) is 9.83. The lowest BCUT2D eigenvalue weighted by Crippen LogP contribution is -2.39. The Kier molecular flexibility index (Phi) is 10.5. The second kappa shape index (κ2) is 12.1. The molecule has 0 radical (unpaired) electrons. The first-order chi connectivity index (χ1) is 14.1. The Labute approximate surface area is 198 Å². The topological polar surface area (TPSA) is 70.4 Å². The maximum Gasteiger partial charge on any atom is 0.417 e. The molecule has 7 nitrogen and oxygen atoms in total. The molecule has 0 atom stereocenters. The Morgan fingerprint density at radius 3 is 2.52 bits per heavy atom. The lowest BCUT2D eigenvalue weighted by Gasteiger charge is -2.22. The van der Waals surface area contributed by atoms with Gasteiger partial charge in [-0.2, -0.15) is 18.3 Å². The van der Waals surface area contributed by atoms with Crippen LogP contribution in [0.3, 0.4) is 0 Å². The number of hydrogen-bond acceptors (Lipinski definition) is 4. The molecule has 0 aromatic carbocycles. The number of aromatic nitrogens is 3.